The van der Waals surface area contributed by atoms with E-state index in [-0.39, 0.29) is 0 Å². The van der Waals surface area contributed by atoms with Crippen molar-refractivity contribution in [1.29, 1.82) is 0 Å². The summed E-state index contributed by atoms with van der Waals surface area (Å²) in [6.07, 6.45) is -2.75. The minimum absolute atomic E-state index is 2.43. The lowest BCUT2D eigenvalue weighted by Gasteiger charge is -2.00. The summed E-state index contributed by atoms with van der Waals surface area (Å²) in [6.45, 7) is -5.73. The first kappa shape index (κ1) is 1.46. The Balaban J connectivity index is 3.03. The van der Waals surface area contributed by atoms with Gasteiger partial charge in [0.05, 0.1) is 25.3 Å². The Hall–Kier alpha value is 0.400. The largest absolute Gasteiger partial charge is 0.349 e. The Morgan fingerprint density at radius 1 is 2.00 bits per heavy atom. The van der Waals surface area contributed by atoms with Gasteiger partial charge in [-0.2, -0.15) is 0 Å². The van der Waals surface area contributed by atoms with Crippen molar-refractivity contribution in [3.63, 3.8) is 0 Å². The highest BCUT2D eigenvalue weighted by Gasteiger charge is 2.12. The number of rotatable bonds is 1. The zero-order valence-electron chi connectivity index (χ0n) is 10.2. The average molecular weight is 174 g/mol. The van der Waals surface area contributed by atoms with Gasteiger partial charge in [0.2, 0.25) is 0 Å². The van der Waals surface area contributed by atoms with Gasteiger partial charge >= 0.3 is 0 Å². The van der Waals surface area contributed by atoms with Crippen LogP contribution >= 0.6 is 15.9 Å². The van der Waals surface area contributed by atoms with Crippen LogP contribution in [0.2, 0.25) is 0 Å². The summed E-state index contributed by atoms with van der Waals surface area (Å²) in [7, 11) is 0. The molecule has 1 aliphatic heterocycles. The molecule has 0 unspecified atom stereocenters. The van der Waals surface area contributed by atoms with Crippen LogP contribution in [0.3, 0.4) is 0 Å². The molecule has 0 N–H and O–H groups in total. The van der Waals surface area contributed by atoms with Crippen molar-refractivity contribution in [3.8, 4) is 0 Å². The van der Waals surface area contributed by atoms with Gasteiger partial charge in [-0.3, -0.25) is 0 Å². The van der Waals surface area contributed by atoms with Gasteiger partial charge in [-0.15, -0.1) is 0 Å². The number of hydrogen-bond donors (Lipinski definition) is 0. The van der Waals surface area contributed by atoms with E-state index in [0.29, 0.717) is 0 Å². The van der Waals surface area contributed by atoms with Crippen molar-refractivity contribution in [1.82, 2.24) is 0 Å². The molecule has 0 aromatic heterocycles. The number of hydrogen-bond acceptors (Lipinski definition) is 2. The zero-order valence-corrected chi connectivity index (χ0v) is 4.78. The summed E-state index contributed by atoms with van der Waals surface area (Å²) >= 11 is 2.43. The van der Waals surface area contributed by atoms with E-state index < -0.39 is 24.7 Å². The molecule has 1 aliphatic rings. The molecule has 0 saturated carbocycles. The monoisotopic (exact) mass is 173 g/mol. The summed E-state index contributed by atoms with van der Waals surface area (Å²) in [5, 5.41) is -2.52. The van der Waals surface area contributed by atoms with Crippen LogP contribution in [0.25, 0.3) is 0 Å². The Morgan fingerprint density at radius 3 is 2.86 bits per heavy atom. The summed E-state index contributed by atoms with van der Waals surface area (Å²) in [5.41, 5.74) is 0. The summed E-state index contributed by atoms with van der Waals surface area (Å²) in [6, 6.07) is 0. The van der Waals surface area contributed by atoms with E-state index >= 15 is 0 Å². The molecule has 0 aromatic rings. The lowest BCUT2D eigenvalue weighted by molar-refractivity contribution is -0.0205. The van der Waals surface area contributed by atoms with Crippen LogP contribution in [0.1, 0.15) is 9.60 Å². The van der Waals surface area contributed by atoms with Crippen molar-refractivity contribution >= 4 is 15.9 Å². The minimum atomic E-state index is -2.87. The van der Waals surface area contributed by atoms with Crippen LogP contribution in [0.5, 0.6) is 0 Å². The average Bonchev–Trinajstić information content (AvgIpc) is 1.95. The maximum Gasteiger partial charge on any atom is 0.167 e. The lowest BCUT2D eigenvalue weighted by atomic mass is 10.8. The molecule has 1 rings (SSSR count). The van der Waals surface area contributed by atoms with Gasteiger partial charge in [0.25, 0.3) is 0 Å². The molecule has 1 fully saturated rings. The highest BCUT2D eigenvalue weighted by atomic mass is 79.9. The summed E-state index contributed by atoms with van der Waals surface area (Å²) < 4.78 is 58.3. The summed E-state index contributed by atoms with van der Waals surface area (Å²) in [4.78, 5) is 0. The molecular weight excluding hydrogens is 160 g/mol. The molecule has 7 heavy (non-hydrogen) atoms. The predicted octanol–water partition coefficient (Wildman–Crippen LogP) is 0.754. The van der Waals surface area contributed by atoms with Gasteiger partial charge in [0.15, 0.2) is 6.27 Å². The van der Waals surface area contributed by atoms with E-state index in [4.69, 9.17) is 9.60 Å². The maximum absolute atomic E-state index is 7.30. The molecule has 1 saturated heterocycles. The van der Waals surface area contributed by atoms with Gasteiger partial charge in [-0.05, 0) is 0 Å². The Kier molecular flexibility index (Phi) is 0.552. The molecule has 0 aliphatic carbocycles. The first-order valence-corrected chi connectivity index (χ1v) is 2.30. The third-order valence-corrected chi connectivity index (χ3v) is 0.730. The van der Waals surface area contributed by atoms with E-state index in [9.17, 15) is 0 Å². The van der Waals surface area contributed by atoms with Gasteiger partial charge in [-0.25, -0.2) is 0 Å². The van der Waals surface area contributed by atoms with Gasteiger partial charge in [-0.1, -0.05) is 15.9 Å². The van der Waals surface area contributed by atoms with Crippen LogP contribution in [0.15, 0.2) is 0 Å². The smallest absolute Gasteiger partial charge is 0.167 e. The van der Waals surface area contributed by atoms with Crippen molar-refractivity contribution < 1.29 is 19.1 Å². The highest BCUT2D eigenvalue weighted by Crippen LogP contribution is 2.04. The second-order valence-corrected chi connectivity index (χ2v) is 1.19. The molecule has 2 nitrogen and oxygen atoms in total. The topological polar surface area (TPSA) is 18.5 Å². The van der Waals surface area contributed by atoms with Crippen molar-refractivity contribution in [2.75, 3.05) is 18.4 Å². The number of ether oxygens (including phenoxy) is 2. The van der Waals surface area contributed by atoms with Crippen LogP contribution in [-0.4, -0.2) is 24.7 Å². The fourth-order valence-corrected chi connectivity index (χ4v) is 0.356. The van der Waals surface area contributed by atoms with Crippen LogP contribution in [0.4, 0.5) is 0 Å². The molecule has 0 spiro atoms. The summed E-state index contributed by atoms with van der Waals surface area (Å²) in [5.74, 6) is 0. The zero-order chi connectivity index (χ0) is 11.4. The molecule has 0 radical (unpaired) electrons. The molecule has 1 heterocycles. The quantitative estimate of drug-likeness (QED) is 0.546. The third-order valence-electron chi connectivity index (χ3n) is 0.406. The highest BCUT2D eigenvalue weighted by molar-refractivity contribution is 9.09. The third kappa shape index (κ3) is 1.40. The second kappa shape index (κ2) is 2.64. The van der Waals surface area contributed by atoms with E-state index in [1.165, 1.54) is 0 Å². The molecule has 3 heteroatoms. The normalized spacial score (nSPS) is 59.3. The van der Waals surface area contributed by atoms with E-state index in [2.05, 4.69) is 25.4 Å². The van der Waals surface area contributed by atoms with E-state index in [0.717, 1.165) is 0 Å². The molecule has 0 amide bonds. The lowest BCUT2D eigenvalue weighted by Crippen LogP contribution is -2.07. The number of alkyl halides is 1. The van der Waals surface area contributed by atoms with Crippen molar-refractivity contribution in [2.45, 2.75) is 6.27 Å². The Morgan fingerprint density at radius 2 is 2.57 bits per heavy atom. The SMILES string of the molecule is [2H]C([2H])(Br)C1([2H])OC([2H])([2H])C([2H])([2H])O1. The Labute approximate surface area is 60.8 Å². The van der Waals surface area contributed by atoms with Crippen molar-refractivity contribution in [2.24, 2.45) is 0 Å². The number of halogens is 1. The maximum atomic E-state index is 7.30. The second-order valence-electron chi connectivity index (χ2n) is 0.790. The standard InChI is InChI=1S/C4H7BrO2/c5-3-4-6-1-2-7-4/h4H,1-3H2/i1D2,2D2,3D2,4D. The van der Waals surface area contributed by atoms with Gasteiger partial charge in [0, 0.05) is 2.74 Å². The minimum Gasteiger partial charge on any atom is -0.349 e. The van der Waals surface area contributed by atoms with Crippen LogP contribution < -0.4 is 0 Å². The van der Waals surface area contributed by atoms with E-state index in [1.807, 2.05) is 0 Å². The fraction of sp³-hybridized carbons (Fsp3) is 1.00. The van der Waals surface area contributed by atoms with E-state index in [1.54, 1.807) is 0 Å². The first-order chi connectivity index (χ1) is 5.91. The molecule has 0 atom stereocenters. The van der Waals surface area contributed by atoms with Gasteiger partial charge < -0.3 is 9.47 Å². The molecular formula is C4H7BrO2. The molecule has 0 aromatic carbocycles. The molecule has 0 bridgehead atoms. The molecule has 42 valence electrons. The Bertz CT molecular complexity index is 233. The van der Waals surface area contributed by atoms with Crippen LogP contribution in [0, 0.1) is 0 Å². The predicted molar refractivity (Wildman–Crippen MR) is 29.5 cm³/mol. The van der Waals surface area contributed by atoms with Crippen molar-refractivity contribution in [3.05, 3.63) is 0 Å². The van der Waals surface area contributed by atoms with Crippen LogP contribution in [-0.2, 0) is 9.47 Å². The van der Waals surface area contributed by atoms with Gasteiger partial charge in [0.1, 0.15) is 0 Å². The fourth-order valence-electron chi connectivity index (χ4n) is 0.194. The first-order valence-electron chi connectivity index (χ1n) is 5.01.